The third-order valence-electron chi connectivity index (χ3n) is 6.16. The van der Waals surface area contributed by atoms with E-state index in [0.717, 1.165) is 11.4 Å². The number of hydrogen-bond acceptors (Lipinski definition) is 1. The predicted molar refractivity (Wildman–Crippen MR) is 142 cm³/mol. The number of nitrogens with one attached hydrogen (secondary N) is 1. The van der Waals surface area contributed by atoms with Crippen molar-refractivity contribution in [3.63, 3.8) is 0 Å². The highest BCUT2D eigenvalue weighted by atomic mass is 14.9. The first kappa shape index (κ1) is 20.8. The molecule has 0 radical (unpaired) electrons. The minimum Gasteiger partial charge on any atom is -0.355 e. The Morgan fingerprint density at radius 3 is 1.73 bits per heavy atom. The molecule has 0 unspecified atom stereocenters. The Morgan fingerprint density at radius 2 is 1.00 bits per heavy atom. The molecule has 0 aliphatic heterocycles. The molecule has 0 aliphatic carbocycles. The average molecular weight is 426 g/mol. The van der Waals surface area contributed by atoms with Gasteiger partial charge in [-0.05, 0) is 83.1 Å². The highest BCUT2D eigenvalue weighted by Gasteiger charge is 2.11. The molecule has 5 rings (SSSR count). The fraction of sp³-hybridized carbons (Fsp3) is 0.0625. The topological polar surface area (TPSA) is 12.0 Å². The molecule has 0 bridgehead atoms. The monoisotopic (exact) mass is 425 g/mol. The van der Waals surface area contributed by atoms with Gasteiger partial charge in [-0.3, -0.25) is 0 Å². The van der Waals surface area contributed by atoms with Gasteiger partial charge in [0.25, 0.3) is 0 Å². The number of para-hydroxylation sites is 1. The summed E-state index contributed by atoms with van der Waals surface area (Å²) in [5.74, 6) is 0. The summed E-state index contributed by atoms with van der Waals surface area (Å²) in [6.45, 7) is 4.37. The molecule has 0 saturated carbocycles. The van der Waals surface area contributed by atoms with E-state index in [1.807, 2.05) is 6.07 Å². The number of rotatable bonds is 5. The Labute approximate surface area is 196 Å². The molecule has 1 heteroatoms. The van der Waals surface area contributed by atoms with E-state index >= 15 is 0 Å². The molecule has 0 atom stereocenters. The zero-order valence-electron chi connectivity index (χ0n) is 19.0. The summed E-state index contributed by atoms with van der Waals surface area (Å²) < 4.78 is 0. The smallest absolute Gasteiger partial charge is 0.0464 e. The summed E-state index contributed by atoms with van der Waals surface area (Å²) in [7, 11) is 0. The molecule has 0 aliphatic rings. The fourth-order valence-electron chi connectivity index (χ4n) is 4.33. The maximum absolute atomic E-state index is 3.60. The van der Waals surface area contributed by atoms with E-state index < -0.39 is 0 Å². The Balaban J connectivity index is 1.61. The van der Waals surface area contributed by atoms with Gasteiger partial charge in [-0.1, -0.05) is 91.0 Å². The summed E-state index contributed by atoms with van der Waals surface area (Å²) in [4.78, 5) is 0. The van der Waals surface area contributed by atoms with Crippen LogP contribution >= 0.6 is 0 Å². The molecule has 0 amide bonds. The van der Waals surface area contributed by atoms with E-state index in [1.165, 1.54) is 44.5 Å². The number of anilines is 2. The Hall–Kier alpha value is -4.10. The Kier molecular flexibility index (Phi) is 5.78. The first-order valence-electron chi connectivity index (χ1n) is 11.4. The SMILES string of the molecule is Cc1ccccc1-c1cc(-c2ccc(Nc3ccccc3)c(-c3ccccc3)c2)ccc1C. The van der Waals surface area contributed by atoms with E-state index in [4.69, 9.17) is 0 Å². The van der Waals surface area contributed by atoms with Gasteiger partial charge >= 0.3 is 0 Å². The van der Waals surface area contributed by atoms with Crippen LogP contribution in [0.1, 0.15) is 11.1 Å². The van der Waals surface area contributed by atoms with Crippen molar-refractivity contribution >= 4 is 11.4 Å². The maximum Gasteiger partial charge on any atom is 0.0464 e. The van der Waals surface area contributed by atoms with Gasteiger partial charge in [0.05, 0.1) is 0 Å². The van der Waals surface area contributed by atoms with E-state index in [2.05, 4.69) is 134 Å². The molecule has 5 aromatic rings. The molecule has 5 aromatic carbocycles. The van der Waals surface area contributed by atoms with E-state index in [-0.39, 0.29) is 0 Å². The van der Waals surface area contributed by atoms with Gasteiger partial charge in [0, 0.05) is 16.9 Å². The Morgan fingerprint density at radius 1 is 0.424 bits per heavy atom. The molecule has 0 fully saturated rings. The fourth-order valence-corrected chi connectivity index (χ4v) is 4.33. The van der Waals surface area contributed by atoms with Crippen LogP contribution in [0.15, 0.2) is 121 Å². The second-order valence-electron chi connectivity index (χ2n) is 8.46. The zero-order valence-corrected chi connectivity index (χ0v) is 19.0. The van der Waals surface area contributed by atoms with Crippen LogP contribution in [0.4, 0.5) is 11.4 Å². The average Bonchev–Trinajstić information content (AvgIpc) is 2.86. The normalized spacial score (nSPS) is 10.7. The standard InChI is InChI=1S/C32H27N/c1-23-11-9-10-16-29(23)30-21-26(18-17-24(30)2)27-19-20-32(33-28-14-7-4-8-15-28)31(22-27)25-12-5-3-6-13-25/h3-22,33H,1-2H3. The van der Waals surface area contributed by atoms with Crippen LogP contribution in [-0.4, -0.2) is 0 Å². The summed E-state index contributed by atoms with van der Waals surface area (Å²) in [6.07, 6.45) is 0. The Bertz CT molecular complexity index is 1390. The largest absolute Gasteiger partial charge is 0.355 e. The molecule has 0 spiro atoms. The lowest BCUT2D eigenvalue weighted by Gasteiger charge is -2.16. The number of hydrogen-bond donors (Lipinski definition) is 1. The van der Waals surface area contributed by atoms with Crippen LogP contribution < -0.4 is 5.32 Å². The van der Waals surface area contributed by atoms with Gasteiger partial charge in [-0.15, -0.1) is 0 Å². The van der Waals surface area contributed by atoms with Crippen molar-refractivity contribution < 1.29 is 0 Å². The van der Waals surface area contributed by atoms with Gasteiger partial charge in [0.1, 0.15) is 0 Å². The zero-order chi connectivity index (χ0) is 22.6. The molecule has 160 valence electrons. The summed E-state index contributed by atoms with van der Waals surface area (Å²) in [6, 6.07) is 43.0. The van der Waals surface area contributed by atoms with Gasteiger partial charge in [-0.2, -0.15) is 0 Å². The molecule has 1 N–H and O–H groups in total. The molecular formula is C32H27N. The lowest BCUT2D eigenvalue weighted by atomic mass is 9.91. The van der Waals surface area contributed by atoms with Gasteiger partial charge in [-0.25, -0.2) is 0 Å². The summed E-state index contributed by atoms with van der Waals surface area (Å²) in [5, 5.41) is 3.60. The lowest BCUT2D eigenvalue weighted by molar-refractivity contribution is 1.41. The molecule has 0 heterocycles. The van der Waals surface area contributed by atoms with Crippen LogP contribution in [0, 0.1) is 13.8 Å². The summed E-state index contributed by atoms with van der Waals surface area (Å²) >= 11 is 0. The molecule has 1 nitrogen and oxygen atoms in total. The van der Waals surface area contributed by atoms with Gasteiger partial charge in [0.15, 0.2) is 0 Å². The molecule has 0 saturated heterocycles. The number of benzene rings is 5. The minimum absolute atomic E-state index is 1.08. The third-order valence-corrected chi connectivity index (χ3v) is 6.16. The van der Waals surface area contributed by atoms with Crippen molar-refractivity contribution in [1.29, 1.82) is 0 Å². The van der Waals surface area contributed by atoms with Crippen molar-refractivity contribution in [2.24, 2.45) is 0 Å². The van der Waals surface area contributed by atoms with Gasteiger partial charge in [0.2, 0.25) is 0 Å². The van der Waals surface area contributed by atoms with E-state index in [0.29, 0.717) is 0 Å². The van der Waals surface area contributed by atoms with Crippen molar-refractivity contribution in [1.82, 2.24) is 0 Å². The second-order valence-corrected chi connectivity index (χ2v) is 8.46. The first-order chi connectivity index (χ1) is 16.2. The van der Waals surface area contributed by atoms with Crippen molar-refractivity contribution in [2.75, 3.05) is 5.32 Å². The van der Waals surface area contributed by atoms with Crippen molar-refractivity contribution in [3.05, 3.63) is 132 Å². The molecular weight excluding hydrogens is 398 g/mol. The molecule has 33 heavy (non-hydrogen) atoms. The second kappa shape index (κ2) is 9.18. The van der Waals surface area contributed by atoms with E-state index in [9.17, 15) is 0 Å². The highest BCUT2D eigenvalue weighted by molar-refractivity contribution is 5.86. The first-order valence-corrected chi connectivity index (χ1v) is 11.4. The van der Waals surface area contributed by atoms with E-state index in [1.54, 1.807) is 0 Å². The van der Waals surface area contributed by atoms with Crippen molar-refractivity contribution in [2.45, 2.75) is 13.8 Å². The van der Waals surface area contributed by atoms with Crippen molar-refractivity contribution in [3.8, 4) is 33.4 Å². The maximum atomic E-state index is 3.60. The quantitative estimate of drug-likeness (QED) is 0.296. The van der Waals surface area contributed by atoms with Crippen LogP contribution in [0.5, 0.6) is 0 Å². The van der Waals surface area contributed by atoms with Crippen LogP contribution in [0.2, 0.25) is 0 Å². The van der Waals surface area contributed by atoms with Gasteiger partial charge < -0.3 is 5.32 Å². The third kappa shape index (κ3) is 4.44. The highest BCUT2D eigenvalue weighted by Crippen LogP contribution is 2.36. The predicted octanol–water partition coefficient (Wildman–Crippen LogP) is 9.05. The van der Waals surface area contributed by atoms with Crippen LogP contribution in [-0.2, 0) is 0 Å². The van der Waals surface area contributed by atoms with Crippen LogP contribution in [0.3, 0.4) is 0 Å². The summed E-state index contributed by atoms with van der Waals surface area (Å²) in [5.41, 5.74) is 12.2. The van der Waals surface area contributed by atoms with Crippen LogP contribution in [0.25, 0.3) is 33.4 Å². The lowest BCUT2D eigenvalue weighted by Crippen LogP contribution is -1.94. The molecule has 0 aromatic heterocycles. The number of aryl methyl sites for hydroxylation is 2. The minimum atomic E-state index is 1.08.